The summed E-state index contributed by atoms with van der Waals surface area (Å²) in [6.07, 6.45) is 0. The molecule has 1 rings (SSSR count). The number of rotatable bonds is 3. The van der Waals surface area contributed by atoms with Crippen LogP contribution in [0.3, 0.4) is 0 Å². The van der Waals surface area contributed by atoms with Crippen LogP contribution in [0.4, 0.5) is 5.69 Å². The smallest absolute Gasteiger partial charge is 0.242 e. The van der Waals surface area contributed by atoms with Gasteiger partial charge in [0.2, 0.25) is 10.0 Å². The molecule has 0 aliphatic carbocycles. The lowest BCUT2D eigenvalue weighted by molar-refractivity contribution is 0.606. The Labute approximate surface area is 104 Å². The van der Waals surface area contributed by atoms with Crippen LogP contribution in [0.5, 0.6) is 0 Å². The van der Waals surface area contributed by atoms with Crippen molar-refractivity contribution in [2.75, 3.05) is 9.38 Å². The highest BCUT2D eigenvalue weighted by Crippen LogP contribution is 2.26. The number of hydrogen-bond acceptors (Lipinski definition) is 2. The molecule has 3 nitrogen and oxygen atoms in total. The van der Waals surface area contributed by atoms with Crippen molar-refractivity contribution < 1.29 is 8.42 Å². The third-order valence-corrected chi connectivity index (χ3v) is 4.79. The second-order valence-electron chi connectivity index (χ2n) is 2.45. The molecule has 0 amide bonds. The quantitative estimate of drug-likeness (QED) is 0.839. The SMILES string of the molecule is O=S(=O)(CBr)Nc1cc(Br)ccc1Cl. The van der Waals surface area contributed by atoms with Crippen molar-refractivity contribution in [1.29, 1.82) is 0 Å². The van der Waals surface area contributed by atoms with Crippen molar-refractivity contribution in [2.45, 2.75) is 0 Å². The van der Waals surface area contributed by atoms with Crippen LogP contribution in [0.1, 0.15) is 0 Å². The molecule has 1 N–H and O–H groups in total. The van der Waals surface area contributed by atoms with E-state index >= 15 is 0 Å². The summed E-state index contributed by atoms with van der Waals surface area (Å²) in [6, 6.07) is 4.94. The maximum atomic E-state index is 11.2. The molecule has 0 fully saturated rings. The summed E-state index contributed by atoms with van der Waals surface area (Å²) in [5, 5.41) is 0.359. The minimum Gasteiger partial charge on any atom is -0.281 e. The first-order valence-electron chi connectivity index (χ1n) is 3.46. The summed E-state index contributed by atoms with van der Waals surface area (Å²) < 4.78 is 25.3. The Hall–Kier alpha value is 0.220. The Kier molecular flexibility index (Phi) is 4.24. The molecule has 78 valence electrons. The molecule has 7 heteroatoms. The van der Waals surface area contributed by atoms with Gasteiger partial charge >= 0.3 is 0 Å². The summed E-state index contributed by atoms with van der Waals surface area (Å²) >= 11 is 11.9. The van der Waals surface area contributed by atoms with Crippen molar-refractivity contribution in [3.63, 3.8) is 0 Å². The molecule has 1 aromatic rings. The average Bonchev–Trinajstić information content (AvgIpc) is 2.11. The number of nitrogens with one attached hydrogen (secondary N) is 1. The van der Waals surface area contributed by atoms with Gasteiger partial charge in [0.1, 0.15) is 4.66 Å². The number of halogens is 3. The van der Waals surface area contributed by atoms with Gasteiger partial charge in [0, 0.05) is 4.47 Å². The molecule has 14 heavy (non-hydrogen) atoms. The predicted molar refractivity (Wildman–Crippen MR) is 65.5 cm³/mol. The predicted octanol–water partition coefficient (Wildman–Crippen LogP) is 3.20. The molecule has 0 spiro atoms. The Balaban J connectivity index is 3.03. The molecule has 0 unspecified atom stereocenters. The molecule has 0 aliphatic heterocycles. The topological polar surface area (TPSA) is 46.2 Å². The molecule has 0 aromatic heterocycles. The van der Waals surface area contributed by atoms with Crippen molar-refractivity contribution in [3.05, 3.63) is 27.7 Å². The van der Waals surface area contributed by atoms with E-state index in [1.165, 1.54) is 0 Å². The third-order valence-electron chi connectivity index (χ3n) is 1.34. The Morgan fingerprint density at radius 3 is 2.64 bits per heavy atom. The third kappa shape index (κ3) is 3.42. The van der Waals surface area contributed by atoms with E-state index in [4.69, 9.17) is 11.6 Å². The summed E-state index contributed by atoms with van der Waals surface area (Å²) in [5.41, 5.74) is 0.362. The zero-order chi connectivity index (χ0) is 10.8. The molecule has 0 saturated carbocycles. The first-order valence-corrected chi connectivity index (χ1v) is 7.40. The number of sulfonamides is 1. The van der Waals surface area contributed by atoms with Crippen LogP contribution >= 0.6 is 43.5 Å². The van der Waals surface area contributed by atoms with E-state index in [1.54, 1.807) is 18.2 Å². The average molecular weight is 363 g/mol. The zero-order valence-electron chi connectivity index (χ0n) is 6.80. The van der Waals surface area contributed by atoms with Gasteiger partial charge < -0.3 is 0 Å². The van der Waals surface area contributed by atoms with Gasteiger partial charge in [-0.25, -0.2) is 8.42 Å². The van der Waals surface area contributed by atoms with Crippen LogP contribution in [-0.4, -0.2) is 13.1 Å². The minimum atomic E-state index is -3.35. The lowest BCUT2D eigenvalue weighted by atomic mass is 10.3. The van der Waals surface area contributed by atoms with E-state index in [-0.39, 0.29) is 4.66 Å². The van der Waals surface area contributed by atoms with Crippen molar-refractivity contribution >= 4 is 59.2 Å². The molecule has 0 saturated heterocycles. The second kappa shape index (κ2) is 4.83. The van der Waals surface area contributed by atoms with E-state index in [2.05, 4.69) is 36.6 Å². The normalized spacial score (nSPS) is 11.4. The Morgan fingerprint density at radius 1 is 1.43 bits per heavy atom. The fourth-order valence-corrected chi connectivity index (χ4v) is 2.25. The van der Waals surface area contributed by atoms with Gasteiger partial charge in [-0.05, 0) is 18.2 Å². The standard InChI is InChI=1S/C7H6Br2ClNO2S/c8-4-14(12,13)11-7-3-5(9)1-2-6(7)10/h1-3,11H,4H2. The van der Waals surface area contributed by atoms with E-state index in [9.17, 15) is 8.42 Å². The molecule has 1 aromatic carbocycles. The first kappa shape index (κ1) is 12.3. The Morgan fingerprint density at radius 2 is 2.07 bits per heavy atom. The van der Waals surface area contributed by atoms with Gasteiger partial charge in [-0.1, -0.05) is 43.5 Å². The van der Waals surface area contributed by atoms with Crippen LogP contribution in [0, 0.1) is 0 Å². The van der Waals surface area contributed by atoms with Crippen molar-refractivity contribution in [2.24, 2.45) is 0 Å². The molecular weight excluding hydrogens is 357 g/mol. The van der Waals surface area contributed by atoms with Crippen LogP contribution in [-0.2, 0) is 10.0 Å². The van der Waals surface area contributed by atoms with Gasteiger partial charge in [-0.15, -0.1) is 0 Å². The van der Waals surface area contributed by atoms with Gasteiger partial charge in [0.05, 0.1) is 10.7 Å². The highest BCUT2D eigenvalue weighted by Gasteiger charge is 2.10. The molecule has 0 bridgehead atoms. The Bertz CT molecular complexity index is 435. The molecule has 0 radical (unpaired) electrons. The summed E-state index contributed by atoms with van der Waals surface area (Å²) in [4.78, 5) is 0. The lowest BCUT2D eigenvalue weighted by Gasteiger charge is -2.07. The van der Waals surface area contributed by atoms with Crippen LogP contribution in [0.25, 0.3) is 0 Å². The summed E-state index contributed by atoms with van der Waals surface area (Å²) in [6.45, 7) is 0. The number of benzene rings is 1. The van der Waals surface area contributed by atoms with E-state index < -0.39 is 10.0 Å². The van der Waals surface area contributed by atoms with E-state index in [0.717, 1.165) is 4.47 Å². The van der Waals surface area contributed by atoms with Crippen molar-refractivity contribution in [3.8, 4) is 0 Å². The lowest BCUT2D eigenvalue weighted by Crippen LogP contribution is -2.13. The van der Waals surface area contributed by atoms with Crippen LogP contribution in [0.2, 0.25) is 5.02 Å². The second-order valence-corrected chi connectivity index (χ2v) is 6.80. The maximum absolute atomic E-state index is 11.2. The summed E-state index contributed by atoms with van der Waals surface area (Å²) in [5.74, 6) is 0. The molecule has 0 aliphatic rings. The van der Waals surface area contributed by atoms with Gasteiger partial charge in [-0.2, -0.15) is 0 Å². The highest BCUT2D eigenvalue weighted by atomic mass is 79.9. The summed E-state index contributed by atoms with van der Waals surface area (Å²) in [7, 11) is -3.35. The van der Waals surface area contributed by atoms with E-state index in [1.807, 2.05) is 0 Å². The van der Waals surface area contributed by atoms with Crippen LogP contribution < -0.4 is 4.72 Å². The molecule has 0 atom stereocenters. The molecular formula is C7H6Br2ClNO2S. The van der Waals surface area contributed by atoms with E-state index in [0.29, 0.717) is 10.7 Å². The van der Waals surface area contributed by atoms with Crippen molar-refractivity contribution in [1.82, 2.24) is 0 Å². The van der Waals surface area contributed by atoms with Gasteiger partial charge in [0.15, 0.2) is 0 Å². The maximum Gasteiger partial charge on any atom is 0.242 e. The monoisotopic (exact) mass is 361 g/mol. The number of hydrogen-bond donors (Lipinski definition) is 1. The highest BCUT2D eigenvalue weighted by molar-refractivity contribution is 9.11. The first-order chi connectivity index (χ1) is 6.44. The fourth-order valence-electron chi connectivity index (χ4n) is 0.771. The number of alkyl halides is 1. The van der Waals surface area contributed by atoms with Gasteiger partial charge in [-0.3, -0.25) is 4.72 Å². The minimum absolute atomic E-state index is 0.164. The van der Waals surface area contributed by atoms with Gasteiger partial charge in [0.25, 0.3) is 0 Å². The zero-order valence-corrected chi connectivity index (χ0v) is 11.5. The number of anilines is 1. The molecule has 0 heterocycles. The largest absolute Gasteiger partial charge is 0.281 e. The fraction of sp³-hybridized carbons (Fsp3) is 0.143. The van der Waals surface area contributed by atoms with Crippen LogP contribution in [0.15, 0.2) is 22.7 Å².